The van der Waals surface area contributed by atoms with Gasteiger partial charge in [-0.15, -0.1) is 12.4 Å². The molecule has 0 spiro atoms. The average Bonchev–Trinajstić information content (AvgIpc) is 3.22. The average molecular weight is 494 g/mol. The van der Waals surface area contributed by atoms with Gasteiger partial charge in [0.1, 0.15) is 0 Å². The van der Waals surface area contributed by atoms with Crippen molar-refractivity contribution in [1.82, 2.24) is 4.57 Å². The minimum atomic E-state index is -0.0495. The van der Waals surface area contributed by atoms with E-state index in [1.165, 1.54) is 98.3 Å². The molecule has 0 aliphatic heterocycles. The molecule has 35 heavy (non-hydrogen) atoms. The highest BCUT2D eigenvalue weighted by Gasteiger charge is 2.23. The number of benzene rings is 2. The van der Waals surface area contributed by atoms with Crippen LogP contribution in [0.15, 0.2) is 54.7 Å². The van der Waals surface area contributed by atoms with E-state index in [2.05, 4.69) is 66.2 Å². The highest BCUT2D eigenvalue weighted by molar-refractivity contribution is 5.85. The molecule has 1 atom stereocenters. The normalized spacial score (nSPS) is 22.1. The lowest BCUT2D eigenvalue weighted by atomic mass is 9.81. The molecule has 2 saturated carbocycles. The number of para-hydroxylation sites is 1. The van der Waals surface area contributed by atoms with Crippen LogP contribution in [0.4, 0.5) is 0 Å². The first-order chi connectivity index (χ1) is 16.7. The van der Waals surface area contributed by atoms with Crippen molar-refractivity contribution in [1.29, 1.82) is 0 Å². The van der Waals surface area contributed by atoms with E-state index in [0.717, 1.165) is 24.7 Å². The zero-order valence-corrected chi connectivity index (χ0v) is 22.3. The maximum Gasteiger partial charge on any atom is 0.0540 e. The van der Waals surface area contributed by atoms with Crippen molar-refractivity contribution < 1.29 is 5.11 Å². The Morgan fingerprint density at radius 3 is 2.43 bits per heavy atom. The molecule has 0 bridgehead atoms. The number of halogens is 1. The Hall–Kier alpha value is -1.77. The number of rotatable bonds is 8. The van der Waals surface area contributed by atoms with Crippen molar-refractivity contribution >= 4 is 23.3 Å². The largest absolute Gasteiger partial charge is 0.393 e. The van der Waals surface area contributed by atoms with Crippen LogP contribution in [-0.2, 0) is 6.54 Å². The Morgan fingerprint density at radius 1 is 0.886 bits per heavy atom. The summed E-state index contributed by atoms with van der Waals surface area (Å²) >= 11 is 0. The Labute approximate surface area is 218 Å². The van der Waals surface area contributed by atoms with Crippen LogP contribution in [0.5, 0.6) is 0 Å². The Morgan fingerprint density at radius 2 is 1.66 bits per heavy atom. The third-order valence-corrected chi connectivity index (χ3v) is 8.74. The van der Waals surface area contributed by atoms with E-state index in [4.69, 9.17) is 0 Å². The Balaban J connectivity index is 0.00000289. The molecular weight excluding hydrogens is 450 g/mol. The lowest BCUT2D eigenvalue weighted by Crippen LogP contribution is -2.18. The van der Waals surface area contributed by atoms with Crippen LogP contribution in [0.3, 0.4) is 0 Å². The summed E-state index contributed by atoms with van der Waals surface area (Å²) in [5.74, 6) is 2.08. The fourth-order valence-corrected chi connectivity index (χ4v) is 6.78. The van der Waals surface area contributed by atoms with Crippen molar-refractivity contribution in [2.75, 3.05) is 0 Å². The van der Waals surface area contributed by atoms with Crippen LogP contribution >= 0.6 is 12.4 Å². The van der Waals surface area contributed by atoms with Crippen molar-refractivity contribution in [3.8, 4) is 0 Å². The second-order valence-corrected chi connectivity index (χ2v) is 11.3. The summed E-state index contributed by atoms with van der Waals surface area (Å²) in [7, 11) is 0. The van der Waals surface area contributed by atoms with Gasteiger partial charge in [0, 0.05) is 29.6 Å². The molecule has 2 aliphatic rings. The molecular formula is C32H44ClNO. The molecule has 2 aliphatic carbocycles. The Kier molecular flexibility index (Phi) is 9.36. The SMILES string of the molecule is Cc1cccc(C(CCCC2CCC(O)CC2)c2cn(CC3CCCCC3)c3ccccc23)c1.Cl. The summed E-state index contributed by atoms with van der Waals surface area (Å²) in [5, 5.41) is 11.3. The van der Waals surface area contributed by atoms with Crippen LogP contribution in [0.25, 0.3) is 10.9 Å². The van der Waals surface area contributed by atoms with Crippen LogP contribution in [0, 0.1) is 18.8 Å². The van der Waals surface area contributed by atoms with Gasteiger partial charge in [0.15, 0.2) is 0 Å². The minimum Gasteiger partial charge on any atom is -0.393 e. The van der Waals surface area contributed by atoms with Gasteiger partial charge in [-0.05, 0) is 80.9 Å². The third kappa shape index (κ3) is 6.52. The molecule has 2 fully saturated rings. The van der Waals surface area contributed by atoms with Crippen molar-refractivity contribution in [3.63, 3.8) is 0 Å². The second-order valence-electron chi connectivity index (χ2n) is 11.3. The van der Waals surface area contributed by atoms with Gasteiger partial charge in [-0.2, -0.15) is 0 Å². The fourth-order valence-electron chi connectivity index (χ4n) is 6.78. The minimum absolute atomic E-state index is 0. The van der Waals surface area contributed by atoms with E-state index >= 15 is 0 Å². The molecule has 0 radical (unpaired) electrons. The summed E-state index contributed by atoms with van der Waals surface area (Å²) < 4.78 is 2.59. The smallest absolute Gasteiger partial charge is 0.0540 e. The zero-order valence-electron chi connectivity index (χ0n) is 21.5. The quantitative estimate of drug-likeness (QED) is 0.333. The van der Waals surface area contributed by atoms with Crippen molar-refractivity contribution in [2.45, 2.75) is 103 Å². The van der Waals surface area contributed by atoms with Crippen LogP contribution in [-0.4, -0.2) is 15.8 Å². The number of aryl methyl sites for hydroxylation is 1. The molecule has 0 saturated heterocycles. The predicted octanol–water partition coefficient (Wildman–Crippen LogP) is 8.81. The number of aromatic nitrogens is 1. The number of fused-ring (bicyclic) bond motifs is 1. The lowest BCUT2D eigenvalue weighted by Gasteiger charge is -2.26. The summed E-state index contributed by atoms with van der Waals surface area (Å²) in [6.07, 6.45) is 17.7. The van der Waals surface area contributed by atoms with Gasteiger partial charge in [-0.25, -0.2) is 0 Å². The molecule has 1 N–H and O–H groups in total. The van der Waals surface area contributed by atoms with E-state index in [-0.39, 0.29) is 18.5 Å². The van der Waals surface area contributed by atoms with Crippen LogP contribution < -0.4 is 0 Å². The van der Waals surface area contributed by atoms with Crippen LogP contribution in [0.1, 0.15) is 99.7 Å². The predicted molar refractivity (Wildman–Crippen MR) is 151 cm³/mol. The molecule has 2 nitrogen and oxygen atoms in total. The first-order valence-electron chi connectivity index (χ1n) is 14.0. The number of aliphatic hydroxyl groups is 1. The summed E-state index contributed by atoms with van der Waals surface area (Å²) in [5.41, 5.74) is 5.77. The molecule has 1 unspecified atom stereocenters. The third-order valence-electron chi connectivity index (χ3n) is 8.74. The van der Waals surface area contributed by atoms with E-state index in [1.807, 2.05) is 0 Å². The van der Waals surface area contributed by atoms with E-state index < -0.39 is 0 Å². The fraction of sp³-hybridized carbons (Fsp3) is 0.562. The van der Waals surface area contributed by atoms with E-state index in [0.29, 0.717) is 5.92 Å². The van der Waals surface area contributed by atoms with Crippen molar-refractivity contribution in [3.05, 3.63) is 71.4 Å². The number of aliphatic hydroxyl groups excluding tert-OH is 1. The second kappa shape index (κ2) is 12.5. The zero-order chi connectivity index (χ0) is 23.3. The van der Waals surface area contributed by atoms with Gasteiger partial charge in [0.2, 0.25) is 0 Å². The standard InChI is InChI=1S/C32H43NO.ClH/c1-24-9-7-13-27(21-24)29(15-8-12-25-17-19-28(34)20-18-25)31-23-33(22-26-10-3-2-4-11-26)32-16-6-5-14-30(31)32;/h5-7,9,13-14,16,21,23,25-26,28-29,34H,2-4,8,10-12,15,17-20,22H2,1H3;1H. The first kappa shape index (κ1) is 26.3. The van der Waals surface area contributed by atoms with Gasteiger partial charge in [0.05, 0.1) is 6.10 Å². The summed E-state index contributed by atoms with van der Waals surface area (Å²) in [4.78, 5) is 0. The van der Waals surface area contributed by atoms with E-state index in [9.17, 15) is 5.11 Å². The van der Waals surface area contributed by atoms with Gasteiger partial charge < -0.3 is 9.67 Å². The van der Waals surface area contributed by atoms with Gasteiger partial charge in [0.25, 0.3) is 0 Å². The molecule has 2 aromatic carbocycles. The molecule has 190 valence electrons. The molecule has 0 amide bonds. The highest BCUT2D eigenvalue weighted by Crippen LogP contribution is 2.38. The maximum atomic E-state index is 9.88. The first-order valence-corrected chi connectivity index (χ1v) is 14.0. The molecule has 1 aromatic heterocycles. The summed E-state index contributed by atoms with van der Waals surface area (Å²) in [6.45, 7) is 3.39. The maximum absolute atomic E-state index is 9.88. The molecule has 3 heteroatoms. The van der Waals surface area contributed by atoms with Gasteiger partial charge in [-0.1, -0.05) is 80.1 Å². The topological polar surface area (TPSA) is 25.2 Å². The molecule has 1 heterocycles. The monoisotopic (exact) mass is 493 g/mol. The van der Waals surface area contributed by atoms with Crippen LogP contribution in [0.2, 0.25) is 0 Å². The van der Waals surface area contributed by atoms with Crippen molar-refractivity contribution in [2.24, 2.45) is 11.8 Å². The molecule has 5 rings (SSSR count). The van der Waals surface area contributed by atoms with Gasteiger partial charge in [-0.3, -0.25) is 0 Å². The van der Waals surface area contributed by atoms with E-state index in [1.54, 1.807) is 0 Å². The Bertz CT molecular complexity index is 1060. The van der Waals surface area contributed by atoms with Gasteiger partial charge >= 0.3 is 0 Å². The molecule has 3 aromatic rings. The summed E-state index contributed by atoms with van der Waals surface area (Å²) in [6, 6.07) is 18.3. The number of nitrogens with zero attached hydrogens (tertiary/aromatic N) is 1. The lowest BCUT2D eigenvalue weighted by molar-refractivity contribution is 0.106. The number of hydrogen-bond acceptors (Lipinski definition) is 1. The number of hydrogen-bond donors (Lipinski definition) is 1. The highest BCUT2D eigenvalue weighted by atomic mass is 35.5.